The fourth-order valence-corrected chi connectivity index (χ4v) is 3.53. The molecule has 1 aliphatic rings. The van der Waals surface area contributed by atoms with Crippen LogP contribution in [0.25, 0.3) is 0 Å². The van der Waals surface area contributed by atoms with E-state index in [0.717, 1.165) is 31.6 Å². The molecule has 3 heteroatoms. The van der Waals surface area contributed by atoms with Gasteiger partial charge in [0.15, 0.2) is 0 Å². The molecule has 1 aliphatic carbocycles. The molecule has 0 radical (unpaired) electrons. The minimum atomic E-state index is 0.334. The van der Waals surface area contributed by atoms with Gasteiger partial charge in [0.2, 0.25) is 0 Å². The molecule has 1 aromatic carbocycles. The summed E-state index contributed by atoms with van der Waals surface area (Å²) in [5, 5.41) is 8.84. The number of likely N-dealkylation sites (N-methyl/N-ethyl adjacent to an activating group) is 1. The molecular formula is C19H31NO2. The van der Waals surface area contributed by atoms with Crippen molar-refractivity contribution in [3.8, 4) is 5.75 Å². The summed E-state index contributed by atoms with van der Waals surface area (Å²) in [5.41, 5.74) is 2.96. The Balaban J connectivity index is 1.86. The molecule has 1 N–H and O–H groups in total. The zero-order chi connectivity index (χ0) is 15.8. The summed E-state index contributed by atoms with van der Waals surface area (Å²) in [6, 6.07) is 7.22. The highest BCUT2D eigenvalue weighted by Crippen LogP contribution is 2.28. The highest BCUT2D eigenvalue weighted by atomic mass is 16.5. The number of aliphatic hydroxyl groups excluding tert-OH is 1. The lowest BCUT2D eigenvalue weighted by atomic mass is 9.87. The van der Waals surface area contributed by atoms with Crippen molar-refractivity contribution in [2.75, 3.05) is 26.8 Å². The number of rotatable bonds is 9. The van der Waals surface area contributed by atoms with Crippen LogP contribution in [0.15, 0.2) is 18.2 Å². The van der Waals surface area contributed by atoms with Crippen LogP contribution in [0.3, 0.4) is 0 Å². The number of unbranched alkanes of at least 4 members (excludes halogenated alkanes) is 3. The maximum absolute atomic E-state index is 8.84. The molecule has 0 unspecified atom stereocenters. The molecule has 0 spiro atoms. The average Bonchev–Trinajstić information content (AvgIpc) is 2.57. The number of nitrogens with zero attached hydrogens (tertiary/aromatic N) is 1. The third kappa shape index (κ3) is 4.72. The number of methoxy groups -OCH3 is 1. The van der Waals surface area contributed by atoms with E-state index in [1.165, 1.54) is 43.4 Å². The van der Waals surface area contributed by atoms with Crippen LogP contribution in [-0.2, 0) is 12.8 Å². The van der Waals surface area contributed by atoms with Crippen molar-refractivity contribution in [2.24, 2.45) is 0 Å². The molecule has 0 aliphatic heterocycles. The number of aliphatic hydroxyl groups is 1. The van der Waals surface area contributed by atoms with Crippen LogP contribution in [0.2, 0.25) is 0 Å². The second-order valence-electron chi connectivity index (χ2n) is 6.30. The molecule has 22 heavy (non-hydrogen) atoms. The van der Waals surface area contributed by atoms with Crippen LogP contribution in [0.1, 0.15) is 50.2 Å². The molecule has 1 aromatic rings. The van der Waals surface area contributed by atoms with Gasteiger partial charge in [-0.25, -0.2) is 0 Å². The number of aryl methyl sites for hydroxylation is 1. The Labute approximate surface area is 135 Å². The summed E-state index contributed by atoms with van der Waals surface area (Å²) < 4.78 is 5.33. The van der Waals surface area contributed by atoms with Gasteiger partial charge in [-0.15, -0.1) is 0 Å². The first kappa shape index (κ1) is 17.3. The summed E-state index contributed by atoms with van der Waals surface area (Å²) >= 11 is 0. The Morgan fingerprint density at radius 2 is 2.00 bits per heavy atom. The first-order valence-corrected chi connectivity index (χ1v) is 8.79. The van der Waals surface area contributed by atoms with E-state index in [-0.39, 0.29) is 0 Å². The van der Waals surface area contributed by atoms with E-state index < -0.39 is 0 Å². The summed E-state index contributed by atoms with van der Waals surface area (Å²) in [6.45, 7) is 4.94. The topological polar surface area (TPSA) is 32.7 Å². The highest BCUT2D eigenvalue weighted by Gasteiger charge is 2.23. The molecular weight excluding hydrogens is 274 g/mol. The van der Waals surface area contributed by atoms with E-state index in [1.807, 2.05) is 0 Å². The summed E-state index contributed by atoms with van der Waals surface area (Å²) in [6.07, 6.45) is 8.18. The standard InChI is InChI=1S/C19H31NO2/c1-3-20(12-6-4-5-7-13-21)18-10-8-17-15-19(22-2)11-9-16(17)14-18/h9,11,15,18,21H,3-8,10,12-14H2,1-2H3/t18-/m0/s1. The number of hydrogen-bond donors (Lipinski definition) is 1. The quantitative estimate of drug-likeness (QED) is 0.710. The molecule has 0 heterocycles. The average molecular weight is 305 g/mol. The van der Waals surface area contributed by atoms with Gasteiger partial charge < -0.3 is 14.7 Å². The van der Waals surface area contributed by atoms with Crippen LogP contribution < -0.4 is 4.74 Å². The molecule has 0 bridgehead atoms. The summed E-state index contributed by atoms with van der Waals surface area (Å²) in [5.74, 6) is 0.980. The van der Waals surface area contributed by atoms with E-state index in [1.54, 1.807) is 7.11 Å². The molecule has 3 nitrogen and oxygen atoms in total. The lowest BCUT2D eigenvalue weighted by molar-refractivity contribution is 0.184. The first-order valence-electron chi connectivity index (χ1n) is 8.79. The van der Waals surface area contributed by atoms with Gasteiger partial charge in [-0.1, -0.05) is 25.8 Å². The first-order chi connectivity index (χ1) is 10.8. The second-order valence-corrected chi connectivity index (χ2v) is 6.30. The molecule has 2 rings (SSSR count). The maximum atomic E-state index is 8.84. The normalized spacial score (nSPS) is 17.5. The zero-order valence-corrected chi connectivity index (χ0v) is 14.2. The van der Waals surface area contributed by atoms with Crippen molar-refractivity contribution in [2.45, 2.75) is 57.9 Å². The molecule has 0 fully saturated rings. The van der Waals surface area contributed by atoms with Gasteiger partial charge in [0.1, 0.15) is 5.75 Å². The third-order valence-electron chi connectivity index (χ3n) is 4.89. The van der Waals surface area contributed by atoms with E-state index in [0.29, 0.717) is 12.6 Å². The minimum Gasteiger partial charge on any atom is -0.497 e. The fraction of sp³-hybridized carbons (Fsp3) is 0.684. The van der Waals surface area contributed by atoms with Crippen molar-refractivity contribution >= 4 is 0 Å². The van der Waals surface area contributed by atoms with E-state index in [2.05, 4.69) is 30.0 Å². The molecule has 0 aromatic heterocycles. The summed E-state index contributed by atoms with van der Waals surface area (Å²) in [4.78, 5) is 2.64. The van der Waals surface area contributed by atoms with E-state index in [4.69, 9.17) is 9.84 Å². The van der Waals surface area contributed by atoms with Gasteiger partial charge in [0.25, 0.3) is 0 Å². The molecule has 124 valence electrons. The lowest BCUT2D eigenvalue weighted by Gasteiger charge is -2.34. The largest absolute Gasteiger partial charge is 0.497 e. The van der Waals surface area contributed by atoms with Crippen LogP contribution in [0, 0.1) is 0 Å². The number of hydrogen-bond acceptors (Lipinski definition) is 3. The van der Waals surface area contributed by atoms with Crippen molar-refractivity contribution in [1.82, 2.24) is 4.90 Å². The van der Waals surface area contributed by atoms with Gasteiger partial charge in [0.05, 0.1) is 7.11 Å². The van der Waals surface area contributed by atoms with Gasteiger partial charge in [-0.2, -0.15) is 0 Å². The molecule has 0 saturated carbocycles. The van der Waals surface area contributed by atoms with Gasteiger partial charge in [-0.05, 0) is 68.5 Å². The van der Waals surface area contributed by atoms with Gasteiger partial charge in [-0.3, -0.25) is 0 Å². The lowest BCUT2D eigenvalue weighted by Crippen LogP contribution is -2.39. The van der Waals surface area contributed by atoms with E-state index in [9.17, 15) is 0 Å². The Morgan fingerprint density at radius 1 is 1.18 bits per heavy atom. The van der Waals surface area contributed by atoms with Crippen LogP contribution >= 0.6 is 0 Å². The monoisotopic (exact) mass is 305 g/mol. The molecule has 1 atom stereocenters. The Bertz CT molecular complexity index is 447. The fourth-order valence-electron chi connectivity index (χ4n) is 3.53. The number of fused-ring (bicyclic) bond motifs is 1. The molecule has 0 amide bonds. The smallest absolute Gasteiger partial charge is 0.119 e. The van der Waals surface area contributed by atoms with Gasteiger partial charge >= 0.3 is 0 Å². The van der Waals surface area contributed by atoms with Gasteiger partial charge in [0, 0.05) is 12.6 Å². The predicted octanol–water partition coefficient (Wildman–Crippen LogP) is 3.43. The molecule has 0 saturated heterocycles. The van der Waals surface area contributed by atoms with Crippen LogP contribution in [-0.4, -0.2) is 42.9 Å². The SMILES string of the molecule is CCN(CCCCCCO)[C@H]1CCc2cc(OC)ccc2C1. The van der Waals surface area contributed by atoms with Crippen molar-refractivity contribution in [1.29, 1.82) is 0 Å². The minimum absolute atomic E-state index is 0.334. The van der Waals surface area contributed by atoms with Crippen molar-refractivity contribution in [3.63, 3.8) is 0 Å². The highest BCUT2D eigenvalue weighted by molar-refractivity contribution is 5.37. The van der Waals surface area contributed by atoms with Crippen LogP contribution in [0.4, 0.5) is 0 Å². The number of ether oxygens (including phenoxy) is 1. The Hall–Kier alpha value is -1.06. The zero-order valence-electron chi connectivity index (χ0n) is 14.2. The number of benzene rings is 1. The second kappa shape index (κ2) is 9.16. The van der Waals surface area contributed by atoms with Crippen molar-refractivity contribution < 1.29 is 9.84 Å². The Kier molecular flexibility index (Phi) is 7.20. The third-order valence-corrected chi connectivity index (χ3v) is 4.89. The summed E-state index contributed by atoms with van der Waals surface area (Å²) in [7, 11) is 1.74. The maximum Gasteiger partial charge on any atom is 0.119 e. The Morgan fingerprint density at radius 3 is 2.73 bits per heavy atom. The predicted molar refractivity (Wildman–Crippen MR) is 91.6 cm³/mol. The van der Waals surface area contributed by atoms with E-state index >= 15 is 0 Å². The van der Waals surface area contributed by atoms with Crippen LogP contribution in [0.5, 0.6) is 5.75 Å². The van der Waals surface area contributed by atoms with Crippen molar-refractivity contribution in [3.05, 3.63) is 29.3 Å².